The van der Waals surface area contributed by atoms with Crippen LogP contribution in [-0.2, 0) is 0 Å². The van der Waals surface area contributed by atoms with Gasteiger partial charge in [-0.25, -0.2) is 14.2 Å². The number of ether oxygens (including phenoxy) is 1. The fraction of sp³-hybridized carbons (Fsp3) is 0. The first-order valence-electron chi connectivity index (χ1n) is 8.87. The van der Waals surface area contributed by atoms with E-state index in [1.165, 1.54) is 24.4 Å². The standard InChI is InChI=1S/C22H14FN5O2/c23-14-3-1-4-15(9-14)27-22(29)28-16-5-2-6-18(10-16)30-19-7-8-20-21(11-19)26-17(12-24)13-25-20/h1-11,13H,(H2,27,28,29). The summed E-state index contributed by atoms with van der Waals surface area (Å²) in [6.45, 7) is 0. The number of carbonyl (C=O) groups is 1. The van der Waals surface area contributed by atoms with Crippen molar-refractivity contribution in [2.45, 2.75) is 0 Å². The van der Waals surface area contributed by atoms with Gasteiger partial charge in [-0.15, -0.1) is 0 Å². The number of aromatic nitrogens is 2. The largest absolute Gasteiger partial charge is 0.457 e. The summed E-state index contributed by atoms with van der Waals surface area (Å²) >= 11 is 0. The van der Waals surface area contributed by atoms with Crippen LogP contribution in [-0.4, -0.2) is 16.0 Å². The summed E-state index contributed by atoms with van der Waals surface area (Å²) in [6.07, 6.45) is 1.41. The number of nitriles is 1. The molecule has 1 heterocycles. The number of rotatable bonds is 4. The van der Waals surface area contributed by atoms with Crippen LogP contribution in [0, 0.1) is 17.1 Å². The smallest absolute Gasteiger partial charge is 0.323 e. The minimum absolute atomic E-state index is 0.218. The van der Waals surface area contributed by atoms with Gasteiger partial charge in [-0.3, -0.25) is 4.98 Å². The Morgan fingerprint density at radius 1 is 0.933 bits per heavy atom. The molecule has 0 atom stereocenters. The van der Waals surface area contributed by atoms with Crippen LogP contribution in [0.1, 0.15) is 5.69 Å². The second-order valence-corrected chi connectivity index (χ2v) is 6.24. The quantitative estimate of drug-likeness (QED) is 0.499. The SMILES string of the molecule is N#Cc1cnc2ccc(Oc3cccc(NC(=O)Nc4cccc(F)c4)c3)cc2n1. The van der Waals surface area contributed by atoms with E-state index in [0.29, 0.717) is 33.9 Å². The van der Waals surface area contributed by atoms with Gasteiger partial charge in [-0.1, -0.05) is 12.1 Å². The third-order valence-corrected chi connectivity index (χ3v) is 4.04. The summed E-state index contributed by atoms with van der Waals surface area (Å²) in [5.41, 5.74) is 2.24. The molecule has 4 aromatic rings. The van der Waals surface area contributed by atoms with E-state index in [1.807, 2.05) is 6.07 Å². The summed E-state index contributed by atoms with van der Waals surface area (Å²) in [4.78, 5) is 20.5. The monoisotopic (exact) mass is 399 g/mol. The van der Waals surface area contributed by atoms with E-state index in [9.17, 15) is 9.18 Å². The molecule has 4 rings (SSSR count). The highest BCUT2D eigenvalue weighted by Gasteiger charge is 2.07. The molecule has 30 heavy (non-hydrogen) atoms. The van der Waals surface area contributed by atoms with Crippen LogP contribution in [0.3, 0.4) is 0 Å². The molecule has 0 fully saturated rings. The molecule has 146 valence electrons. The minimum Gasteiger partial charge on any atom is -0.457 e. The van der Waals surface area contributed by atoms with Crippen LogP contribution in [0.15, 0.2) is 72.9 Å². The van der Waals surface area contributed by atoms with Gasteiger partial charge in [0.25, 0.3) is 0 Å². The Bertz CT molecular complexity index is 1290. The average molecular weight is 399 g/mol. The lowest BCUT2D eigenvalue weighted by molar-refractivity contribution is 0.262. The van der Waals surface area contributed by atoms with Gasteiger partial charge in [-0.2, -0.15) is 5.26 Å². The fourth-order valence-electron chi connectivity index (χ4n) is 2.74. The van der Waals surface area contributed by atoms with E-state index in [-0.39, 0.29) is 5.69 Å². The van der Waals surface area contributed by atoms with E-state index < -0.39 is 11.8 Å². The van der Waals surface area contributed by atoms with Crippen molar-refractivity contribution < 1.29 is 13.9 Å². The Balaban J connectivity index is 1.47. The maximum Gasteiger partial charge on any atom is 0.323 e. The molecule has 2 N–H and O–H groups in total. The topological polar surface area (TPSA) is 99.9 Å². The summed E-state index contributed by atoms with van der Waals surface area (Å²) in [7, 11) is 0. The predicted octanol–water partition coefficient (Wildman–Crippen LogP) is 5.08. The molecule has 0 bridgehead atoms. The van der Waals surface area contributed by atoms with E-state index in [2.05, 4.69) is 20.6 Å². The molecule has 0 radical (unpaired) electrons. The van der Waals surface area contributed by atoms with Crippen LogP contribution >= 0.6 is 0 Å². The summed E-state index contributed by atoms with van der Waals surface area (Å²) in [5.74, 6) is 0.556. The second kappa shape index (κ2) is 8.24. The zero-order valence-corrected chi connectivity index (χ0v) is 15.5. The number of nitrogens with zero attached hydrogens (tertiary/aromatic N) is 3. The molecule has 0 aliphatic heterocycles. The Kier molecular flexibility index (Phi) is 5.17. The Morgan fingerprint density at radius 2 is 1.67 bits per heavy atom. The molecule has 1 aromatic heterocycles. The van der Waals surface area contributed by atoms with Gasteiger partial charge in [0.15, 0.2) is 5.69 Å². The zero-order chi connectivity index (χ0) is 20.9. The van der Waals surface area contributed by atoms with Crippen molar-refractivity contribution in [1.82, 2.24) is 9.97 Å². The lowest BCUT2D eigenvalue weighted by Crippen LogP contribution is -2.19. The van der Waals surface area contributed by atoms with Gasteiger partial charge in [0.1, 0.15) is 23.4 Å². The maximum atomic E-state index is 13.2. The van der Waals surface area contributed by atoms with E-state index >= 15 is 0 Å². The number of urea groups is 1. The third kappa shape index (κ3) is 4.48. The second-order valence-electron chi connectivity index (χ2n) is 6.24. The van der Waals surface area contributed by atoms with Crippen molar-refractivity contribution in [3.05, 3.63) is 84.4 Å². The van der Waals surface area contributed by atoms with Gasteiger partial charge >= 0.3 is 6.03 Å². The molecule has 3 aromatic carbocycles. The molecular weight excluding hydrogens is 385 g/mol. The highest BCUT2D eigenvalue weighted by molar-refractivity contribution is 5.99. The van der Waals surface area contributed by atoms with E-state index in [4.69, 9.17) is 10.00 Å². The Labute approximate surface area is 170 Å². The van der Waals surface area contributed by atoms with Crippen molar-refractivity contribution >= 4 is 28.4 Å². The van der Waals surface area contributed by atoms with Gasteiger partial charge in [-0.05, 0) is 42.5 Å². The summed E-state index contributed by atoms with van der Waals surface area (Å²) < 4.78 is 19.1. The van der Waals surface area contributed by atoms with E-state index in [1.54, 1.807) is 48.5 Å². The van der Waals surface area contributed by atoms with Crippen molar-refractivity contribution in [2.75, 3.05) is 10.6 Å². The predicted molar refractivity (Wildman–Crippen MR) is 110 cm³/mol. The molecule has 7 nitrogen and oxygen atoms in total. The van der Waals surface area contributed by atoms with Gasteiger partial charge < -0.3 is 15.4 Å². The molecule has 0 aliphatic rings. The van der Waals surface area contributed by atoms with Crippen LogP contribution in [0.5, 0.6) is 11.5 Å². The number of amides is 2. The lowest BCUT2D eigenvalue weighted by Gasteiger charge is -2.10. The Hall–Kier alpha value is -4.51. The number of hydrogen-bond acceptors (Lipinski definition) is 5. The number of fused-ring (bicyclic) bond motifs is 1. The van der Waals surface area contributed by atoms with Gasteiger partial charge in [0.2, 0.25) is 0 Å². The lowest BCUT2D eigenvalue weighted by atomic mass is 10.2. The van der Waals surface area contributed by atoms with Gasteiger partial charge in [0, 0.05) is 23.5 Å². The Morgan fingerprint density at radius 3 is 2.43 bits per heavy atom. The van der Waals surface area contributed by atoms with Crippen LogP contribution < -0.4 is 15.4 Å². The number of hydrogen-bond donors (Lipinski definition) is 2. The molecule has 8 heteroatoms. The minimum atomic E-state index is -0.511. The average Bonchev–Trinajstić information content (AvgIpc) is 2.73. The van der Waals surface area contributed by atoms with Crippen molar-refractivity contribution in [1.29, 1.82) is 5.26 Å². The highest BCUT2D eigenvalue weighted by atomic mass is 19.1. The zero-order valence-electron chi connectivity index (χ0n) is 15.5. The molecule has 0 saturated heterocycles. The molecule has 0 saturated carbocycles. The first kappa shape index (κ1) is 18.8. The maximum absolute atomic E-state index is 13.2. The molecular formula is C22H14FN5O2. The van der Waals surface area contributed by atoms with Crippen LogP contribution in [0.25, 0.3) is 11.0 Å². The number of benzene rings is 3. The van der Waals surface area contributed by atoms with Crippen LogP contribution in [0.4, 0.5) is 20.6 Å². The normalized spacial score (nSPS) is 10.3. The number of carbonyl (C=O) groups excluding carboxylic acids is 1. The summed E-state index contributed by atoms with van der Waals surface area (Å²) in [5, 5.41) is 14.2. The van der Waals surface area contributed by atoms with E-state index in [0.717, 1.165) is 0 Å². The number of halogens is 1. The van der Waals surface area contributed by atoms with Crippen molar-refractivity contribution in [2.24, 2.45) is 0 Å². The van der Waals surface area contributed by atoms with Crippen LogP contribution in [0.2, 0.25) is 0 Å². The number of anilines is 2. The molecule has 0 aliphatic carbocycles. The van der Waals surface area contributed by atoms with Gasteiger partial charge in [0.05, 0.1) is 17.2 Å². The number of nitrogens with one attached hydrogen (secondary N) is 2. The van der Waals surface area contributed by atoms with Crippen molar-refractivity contribution in [3.63, 3.8) is 0 Å². The van der Waals surface area contributed by atoms with Crippen molar-refractivity contribution in [3.8, 4) is 17.6 Å². The molecule has 0 spiro atoms. The molecule has 0 unspecified atom stereocenters. The first-order chi connectivity index (χ1) is 14.6. The fourth-order valence-corrected chi connectivity index (χ4v) is 2.74. The summed E-state index contributed by atoms with van der Waals surface area (Å²) in [6, 6.07) is 19.0. The first-order valence-corrected chi connectivity index (χ1v) is 8.87. The highest BCUT2D eigenvalue weighted by Crippen LogP contribution is 2.26. The third-order valence-electron chi connectivity index (χ3n) is 4.04. The molecule has 2 amide bonds.